The number of piperazine rings is 1. The van der Waals surface area contributed by atoms with Crippen molar-refractivity contribution in [3.05, 3.63) is 29.6 Å². The van der Waals surface area contributed by atoms with E-state index in [0.29, 0.717) is 17.8 Å². The third-order valence-electron chi connectivity index (χ3n) is 5.84. The van der Waals surface area contributed by atoms with E-state index in [0.717, 1.165) is 52.1 Å². The lowest BCUT2D eigenvalue weighted by molar-refractivity contribution is -0.134. The first-order valence-corrected chi connectivity index (χ1v) is 10.3. The molecule has 154 valence electrons. The van der Waals surface area contributed by atoms with Crippen molar-refractivity contribution in [2.75, 3.05) is 51.1 Å². The van der Waals surface area contributed by atoms with Crippen molar-refractivity contribution in [3.63, 3.8) is 0 Å². The van der Waals surface area contributed by atoms with Gasteiger partial charge in [0.05, 0.1) is 12.6 Å². The smallest absolute Gasteiger partial charge is 0.241 e. The third-order valence-corrected chi connectivity index (χ3v) is 5.84. The fourth-order valence-corrected chi connectivity index (χ4v) is 3.83. The molecule has 0 spiro atoms. The van der Waals surface area contributed by atoms with Gasteiger partial charge in [-0.15, -0.1) is 0 Å². The fourth-order valence-electron chi connectivity index (χ4n) is 3.83. The highest BCUT2D eigenvalue weighted by atomic mass is 19.1. The van der Waals surface area contributed by atoms with Gasteiger partial charge in [-0.3, -0.25) is 19.4 Å². The van der Waals surface area contributed by atoms with E-state index < -0.39 is 0 Å². The molecule has 1 aromatic rings. The molecule has 2 amide bonds. The Balaban J connectivity index is 1.44. The quantitative estimate of drug-likeness (QED) is 0.837. The van der Waals surface area contributed by atoms with Gasteiger partial charge in [0.25, 0.3) is 0 Å². The Kier molecular flexibility index (Phi) is 7.02. The average molecular weight is 391 g/mol. The number of nitrogens with one attached hydrogen (secondary N) is 1. The Labute approximate surface area is 166 Å². The van der Waals surface area contributed by atoms with Gasteiger partial charge in [0.2, 0.25) is 11.8 Å². The molecule has 3 rings (SSSR count). The van der Waals surface area contributed by atoms with E-state index in [4.69, 9.17) is 0 Å². The molecule has 0 aliphatic carbocycles. The summed E-state index contributed by atoms with van der Waals surface area (Å²) in [4.78, 5) is 31.2. The Morgan fingerprint density at radius 3 is 2.39 bits per heavy atom. The Hall–Kier alpha value is -1.99. The van der Waals surface area contributed by atoms with Crippen molar-refractivity contribution >= 4 is 17.5 Å². The van der Waals surface area contributed by atoms with Crippen molar-refractivity contribution in [2.45, 2.75) is 39.2 Å². The minimum Gasteiger partial charge on any atom is -0.342 e. The van der Waals surface area contributed by atoms with Crippen LogP contribution in [-0.2, 0) is 9.59 Å². The van der Waals surface area contributed by atoms with Gasteiger partial charge < -0.3 is 10.2 Å². The lowest BCUT2D eigenvalue weighted by Crippen LogP contribution is -2.54. The molecule has 2 aliphatic rings. The summed E-state index contributed by atoms with van der Waals surface area (Å²) in [6.45, 7) is 8.83. The highest BCUT2D eigenvalue weighted by Gasteiger charge is 2.27. The monoisotopic (exact) mass is 390 g/mol. The average Bonchev–Trinajstić information content (AvgIpc) is 2.71. The molecule has 1 aromatic carbocycles. The number of likely N-dealkylation sites (tertiary alicyclic amines) is 1. The van der Waals surface area contributed by atoms with Gasteiger partial charge in [0.15, 0.2) is 0 Å². The van der Waals surface area contributed by atoms with Crippen LogP contribution in [0.15, 0.2) is 18.2 Å². The predicted molar refractivity (Wildman–Crippen MR) is 108 cm³/mol. The van der Waals surface area contributed by atoms with Gasteiger partial charge in [-0.1, -0.05) is 6.07 Å². The highest BCUT2D eigenvalue weighted by Crippen LogP contribution is 2.15. The van der Waals surface area contributed by atoms with Gasteiger partial charge in [-0.2, -0.15) is 0 Å². The number of rotatable bonds is 5. The molecule has 0 radical (unpaired) electrons. The first kappa shape index (κ1) is 20.7. The van der Waals surface area contributed by atoms with Crippen LogP contribution in [0, 0.1) is 12.7 Å². The van der Waals surface area contributed by atoms with Gasteiger partial charge in [-0.25, -0.2) is 4.39 Å². The Morgan fingerprint density at radius 1 is 1.07 bits per heavy atom. The van der Waals surface area contributed by atoms with Crippen LogP contribution in [0.2, 0.25) is 0 Å². The van der Waals surface area contributed by atoms with Crippen molar-refractivity contribution in [3.8, 4) is 0 Å². The molecule has 0 unspecified atom stereocenters. The second-order valence-corrected chi connectivity index (χ2v) is 7.88. The molecular formula is C21H31FN4O2. The van der Waals surface area contributed by atoms with Crippen LogP contribution in [0.5, 0.6) is 0 Å². The zero-order valence-electron chi connectivity index (χ0n) is 16.9. The highest BCUT2D eigenvalue weighted by molar-refractivity contribution is 5.94. The van der Waals surface area contributed by atoms with E-state index in [1.54, 1.807) is 19.1 Å². The molecule has 1 atom stereocenters. The molecule has 2 heterocycles. The van der Waals surface area contributed by atoms with Gasteiger partial charge in [-0.05, 0) is 50.8 Å². The number of hydrogen-bond donors (Lipinski definition) is 1. The standard InChI is InChI=1S/C21H31FN4O2/c1-16-6-7-18(14-19(16)22)23-21(28)17(2)25-12-10-24(11-13-25)15-20(27)26-8-4-3-5-9-26/h6-7,14,17H,3-5,8-13,15H2,1-2H3,(H,23,28)/t17-/m0/s1. The summed E-state index contributed by atoms with van der Waals surface area (Å²) < 4.78 is 13.7. The molecule has 2 aliphatic heterocycles. The van der Waals surface area contributed by atoms with Crippen LogP contribution >= 0.6 is 0 Å². The van der Waals surface area contributed by atoms with Crippen LogP contribution in [0.25, 0.3) is 0 Å². The molecule has 0 bridgehead atoms. The summed E-state index contributed by atoms with van der Waals surface area (Å²) in [7, 11) is 0. The predicted octanol–water partition coefficient (Wildman–Crippen LogP) is 2.09. The van der Waals surface area contributed by atoms with E-state index in [1.807, 2.05) is 11.8 Å². The zero-order chi connectivity index (χ0) is 20.1. The van der Waals surface area contributed by atoms with Gasteiger partial charge in [0, 0.05) is 45.0 Å². The summed E-state index contributed by atoms with van der Waals surface area (Å²) in [5.74, 6) is -0.237. The summed E-state index contributed by atoms with van der Waals surface area (Å²) in [5.41, 5.74) is 1.03. The Morgan fingerprint density at radius 2 is 1.75 bits per heavy atom. The summed E-state index contributed by atoms with van der Waals surface area (Å²) >= 11 is 0. The third kappa shape index (κ3) is 5.29. The van der Waals surface area contributed by atoms with Gasteiger partial charge >= 0.3 is 0 Å². The van der Waals surface area contributed by atoms with Crippen molar-refractivity contribution in [2.24, 2.45) is 0 Å². The molecule has 7 heteroatoms. The molecule has 2 saturated heterocycles. The number of amides is 2. The number of aryl methyl sites for hydroxylation is 1. The number of benzene rings is 1. The van der Waals surface area contributed by atoms with E-state index in [9.17, 15) is 14.0 Å². The van der Waals surface area contributed by atoms with Crippen LogP contribution in [0.3, 0.4) is 0 Å². The van der Waals surface area contributed by atoms with Crippen LogP contribution in [-0.4, -0.2) is 78.4 Å². The van der Waals surface area contributed by atoms with E-state index in [-0.39, 0.29) is 23.7 Å². The number of hydrogen-bond acceptors (Lipinski definition) is 4. The summed E-state index contributed by atoms with van der Waals surface area (Å²) in [6, 6.07) is 4.43. The number of carbonyl (C=O) groups is 2. The molecule has 28 heavy (non-hydrogen) atoms. The minimum atomic E-state index is -0.322. The van der Waals surface area contributed by atoms with Crippen molar-refractivity contribution in [1.29, 1.82) is 0 Å². The zero-order valence-corrected chi connectivity index (χ0v) is 16.9. The largest absolute Gasteiger partial charge is 0.342 e. The van der Waals surface area contributed by atoms with Crippen LogP contribution in [0.1, 0.15) is 31.7 Å². The number of halogens is 1. The molecule has 2 fully saturated rings. The van der Waals surface area contributed by atoms with Crippen LogP contribution < -0.4 is 5.32 Å². The number of piperidine rings is 1. The topological polar surface area (TPSA) is 55.9 Å². The van der Waals surface area contributed by atoms with Crippen molar-refractivity contribution < 1.29 is 14.0 Å². The SMILES string of the molecule is Cc1ccc(NC(=O)[C@H](C)N2CCN(CC(=O)N3CCCCC3)CC2)cc1F. The normalized spacial score (nSPS) is 20.0. The first-order chi connectivity index (χ1) is 13.4. The lowest BCUT2D eigenvalue weighted by Gasteiger charge is -2.38. The van der Waals surface area contributed by atoms with E-state index in [2.05, 4.69) is 15.1 Å². The summed E-state index contributed by atoms with van der Waals surface area (Å²) in [5, 5.41) is 2.80. The van der Waals surface area contributed by atoms with Crippen LogP contribution in [0.4, 0.5) is 10.1 Å². The maximum atomic E-state index is 13.7. The number of anilines is 1. The first-order valence-electron chi connectivity index (χ1n) is 10.3. The molecule has 1 N–H and O–H groups in total. The minimum absolute atomic E-state index is 0.138. The fraction of sp³-hybridized carbons (Fsp3) is 0.619. The number of nitrogens with zero attached hydrogens (tertiary/aromatic N) is 3. The van der Waals surface area contributed by atoms with Gasteiger partial charge in [0.1, 0.15) is 5.82 Å². The van der Waals surface area contributed by atoms with E-state index in [1.165, 1.54) is 12.5 Å². The Bertz CT molecular complexity index is 698. The summed E-state index contributed by atoms with van der Waals surface area (Å²) in [6.07, 6.45) is 3.44. The maximum Gasteiger partial charge on any atom is 0.241 e. The second kappa shape index (κ2) is 9.47. The molecule has 6 nitrogen and oxygen atoms in total. The number of carbonyl (C=O) groups excluding carboxylic acids is 2. The second-order valence-electron chi connectivity index (χ2n) is 7.88. The lowest BCUT2D eigenvalue weighted by atomic mass is 10.1. The molecule has 0 aromatic heterocycles. The van der Waals surface area contributed by atoms with Crippen molar-refractivity contribution in [1.82, 2.24) is 14.7 Å². The molecular weight excluding hydrogens is 359 g/mol. The van der Waals surface area contributed by atoms with E-state index >= 15 is 0 Å². The molecule has 0 saturated carbocycles. The maximum absolute atomic E-state index is 13.7.